The van der Waals surface area contributed by atoms with Crippen molar-refractivity contribution in [2.45, 2.75) is 13.5 Å². The SMILES string of the molecule is Cc1nc(CNc2c(F)cccc2Cl)cs1. The first-order valence-corrected chi connectivity index (χ1v) is 6.01. The van der Waals surface area contributed by atoms with E-state index in [2.05, 4.69) is 10.3 Å². The van der Waals surface area contributed by atoms with Crippen LogP contribution in [0.1, 0.15) is 10.7 Å². The lowest BCUT2D eigenvalue weighted by molar-refractivity contribution is 0.630. The van der Waals surface area contributed by atoms with Crippen molar-refractivity contribution in [1.29, 1.82) is 0 Å². The second kappa shape index (κ2) is 4.80. The van der Waals surface area contributed by atoms with Crippen molar-refractivity contribution < 1.29 is 4.39 Å². The number of thiazole rings is 1. The summed E-state index contributed by atoms with van der Waals surface area (Å²) in [5.41, 5.74) is 1.22. The molecular weight excluding hydrogens is 247 g/mol. The molecule has 2 rings (SSSR count). The number of hydrogen-bond acceptors (Lipinski definition) is 3. The summed E-state index contributed by atoms with van der Waals surface area (Å²) in [6.45, 7) is 2.41. The monoisotopic (exact) mass is 256 g/mol. The first kappa shape index (κ1) is 11.4. The second-order valence-corrected chi connectivity index (χ2v) is 4.78. The highest BCUT2D eigenvalue weighted by atomic mass is 35.5. The van der Waals surface area contributed by atoms with Gasteiger partial charge >= 0.3 is 0 Å². The highest BCUT2D eigenvalue weighted by Gasteiger charge is 2.06. The average molecular weight is 257 g/mol. The number of rotatable bonds is 3. The molecule has 0 unspecified atom stereocenters. The van der Waals surface area contributed by atoms with E-state index < -0.39 is 0 Å². The summed E-state index contributed by atoms with van der Waals surface area (Å²) in [7, 11) is 0. The van der Waals surface area contributed by atoms with Gasteiger partial charge in [-0.3, -0.25) is 0 Å². The molecule has 1 N–H and O–H groups in total. The maximum Gasteiger partial charge on any atom is 0.147 e. The van der Waals surface area contributed by atoms with Crippen LogP contribution < -0.4 is 5.32 Å². The summed E-state index contributed by atoms with van der Waals surface area (Å²) in [6.07, 6.45) is 0. The molecule has 0 radical (unpaired) electrons. The van der Waals surface area contributed by atoms with Gasteiger partial charge in [0.15, 0.2) is 0 Å². The minimum absolute atomic E-state index is 0.329. The summed E-state index contributed by atoms with van der Waals surface area (Å²) >= 11 is 7.45. The van der Waals surface area contributed by atoms with E-state index in [9.17, 15) is 4.39 Å². The minimum Gasteiger partial charge on any atom is -0.376 e. The van der Waals surface area contributed by atoms with Crippen LogP contribution in [0.2, 0.25) is 5.02 Å². The number of anilines is 1. The Morgan fingerprint density at radius 1 is 1.50 bits per heavy atom. The molecule has 5 heteroatoms. The van der Waals surface area contributed by atoms with Gasteiger partial charge in [-0.25, -0.2) is 9.37 Å². The zero-order valence-corrected chi connectivity index (χ0v) is 10.2. The summed E-state index contributed by atoms with van der Waals surface area (Å²) in [4.78, 5) is 4.28. The van der Waals surface area contributed by atoms with Gasteiger partial charge in [0.2, 0.25) is 0 Å². The predicted molar refractivity (Wildman–Crippen MR) is 65.6 cm³/mol. The Balaban J connectivity index is 2.10. The molecule has 0 aliphatic rings. The van der Waals surface area contributed by atoms with Crippen LogP contribution in [-0.4, -0.2) is 4.98 Å². The first-order valence-electron chi connectivity index (χ1n) is 4.75. The van der Waals surface area contributed by atoms with E-state index in [1.54, 1.807) is 23.5 Å². The van der Waals surface area contributed by atoms with Gasteiger partial charge in [-0.05, 0) is 19.1 Å². The molecule has 16 heavy (non-hydrogen) atoms. The third kappa shape index (κ3) is 2.51. The zero-order chi connectivity index (χ0) is 11.5. The second-order valence-electron chi connectivity index (χ2n) is 3.31. The van der Waals surface area contributed by atoms with Gasteiger partial charge in [0.1, 0.15) is 5.82 Å². The van der Waals surface area contributed by atoms with Crippen molar-refractivity contribution in [2.75, 3.05) is 5.32 Å². The van der Waals surface area contributed by atoms with E-state index in [0.29, 0.717) is 17.3 Å². The van der Waals surface area contributed by atoms with Crippen molar-refractivity contribution in [3.05, 3.63) is 45.1 Å². The molecule has 0 saturated carbocycles. The summed E-state index contributed by atoms with van der Waals surface area (Å²) in [5, 5.41) is 6.27. The van der Waals surface area contributed by atoms with Gasteiger partial charge in [-0.2, -0.15) is 0 Å². The number of hydrogen-bond donors (Lipinski definition) is 1. The van der Waals surface area contributed by atoms with E-state index in [1.165, 1.54) is 6.07 Å². The van der Waals surface area contributed by atoms with Crippen molar-refractivity contribution >= 4 is 28.6 Å². The number of aromatic nitrogens is 1. The molecule has 0 spiro atoms. The number of para-hydroxylation sites is 1. The van der Waals surface area contributed by atoms with Crippen LogP contribution in [0.15, 0.2) is 23.6 Å². The van der Waals surface area contributed by atoms with Crippen LogP contribution in [0.4, 0.5) is 10.1 Å². The average Bonchev–Trinajstić information content (AvgIpc) is 2.63. The van der Waals surface area contributed by atoms with Crippen LogP contribution >= 0.6 is 22.9 Å². The van der Waals surface area contributed by atoms with E-state index in [-0.39, 0.29) is 5.82 Å². The van der Waals surface area contributed by atoms with Crippen molar-refractivity contribution in [3.63, 3.8) is 0 Å². The smallest absolute Gasteiger partial charge is 0.147 e. The van der Waals surface area contributed by atoms with Crippen LogP contribution in [-0.2, 0) is 6.54 Å². The fourth-order valence-electron chi connectivity index (χ4n) is 1.34. The minimum atomic E-state index is -0.348. The highest BCUT2D eigenvalue weighted by molar-refractivity contribution is 7.09. The van der Waals surface area contributed by atoms with Crippen molar-refractivity contribution in [3.8, 4) is 0 Å². The van der Waals surface area contributed by atoms with Gasteiger partial charge in [-0.1, -0.05) is 17.7 Å². The standard InChI is InChI=1S/C11H10ClFN2S/c1-7-15-8(6-16-7)5-14-11-9(12)3-2-4-10(11)13/h2-4,6,14H,5H2,1H3. The Labute approximate surface area is 102 Å². The molecule has 0 aliphatic carbocycles. The number of nitrogens with zero attached hydrogens (tertiary/aromatic N) is 1. The Hall–Kier alpha value is -1.13. The Morgan fingerprint density at radius 2 is 2.31 bits per heavy atom. The topological polar surface area (TPSA) is 24.9 Å². The molecule has 0 aliphatic heterocycles. The Kier molecular flexibility index (Phi) is 3.41. The number of benzene rings is 1. The maximum atomic E-state index is 13.4. The molecule has 1 aromatic carbocycles. The normalized spacial score (nSPS) is 10.4. The molecule has 0 amide bonds. The number of nitrogens with one attached hydrogen (secondary N) is 1. The van der Waals surface area contributed by atoms with Gasteiger partial charge in [0.25, 0.3) is 0 Å². The van der Waals surface area contributed by atoms with Gasteiger partial charge in [-0.15, -0.1) is 11.3 Å². The fraction of sp³-hybridized carbons (Fsp3) is 0.182. The summed E-state index contributed by atoms with van der Waals surface area (Å²) < 4.78 is 13.4. The lowest BCUT2D eigenvalue weighted by Gasteiger charge is -2.07. The van der Waals surface area contributed by atoms with Gasteiger partial charge in [0, 0.05) is 5.38 Å². The van der Waals surface area contributed by atoms with Gasteiger partial charge in [0.05, 0.1) is 28.0 Å². The number of aryl methyl sites for hydroxylation is 1. The lowest BCUT2D eigenvalue weighted by atomic mass is 10.3. The lowest BCUT2D eigenvalue weighted by Crippen LogP contribution is -2.02. The molecule has 2 nitrogen and oxygen atoms in total. The van der Waals surface area contributed by atoms with Gasteiger partial charge < -0.3 is 5.32 Å². The maximum absolute atomic E-state index is 13.4. The molecule has 0 bridgehead atoms. The third-order valence-electron chi connectivity index (χ3n) is 2.08. The predicted octanol–water partition coefficient (Wildman–Crippen LogP) is 3.86. The van der Waals surface area contributed by atoms with E-state index in [4.69, 9.17) is 11.6 Å². The van der Waals surface area contributed by atoms with E-state index in [1.807, 2.05) is 12.3 Å². The summed E-state index contributed by atoms with van der Waals surface area (Å²) in [6, 6.07) is 4.61. The Morgan fingerprint density at radius 3 is 2.94 bits per heavy atom. The zero-order valence-electron chi connectivity index (χ0n) is 8.63. The van der Waals surface area contributed by atoms with Crippen LogP contribution in [0.25, 0.3) is 0 Å². The first-order chi connectivity index (χ1) is 7.66. The fourth-order valence-corrected chi connectivity index (χ4v) is 2.18. The molecular formula is C11H10ClFN2S. The third-order valence-corrected chi connectivity index (χ3v) is 3.21. The molecule has 1 aromatic heterocycles. The van der Waals surface area contributed by atoms with Crippen molar-refractivity contribution in [1.82, 2.24) is 4.98 Å². The quantitative estimate of drug-likeness (QED) is 0.902. The van der Waals surface area contributed by atoms with Crippen LogP contribution in [0, 0.1) is 12.7 Å². The summed E-state index contributed by atoms with van der Waals surface area (Å²) in [5.74, 6) is -0.348. The molecule has 2 aromatic rings. The highest BCUT2D eigenvalue weighted by Crippen LogP contribution is 2.25. The molecule has 1 heterocycles. The molecule has 0 saturated heterocycles. The molecule has 0 fully saturated rings. The molecule has 0 atom stereocenters. The van der Waals surface area contributed by atoms with Crippen LogP contribution in [0.3, 0.4) is 0 Å². The van der Waals surface area contributed by atoms with E-state index >= 15 is 0 Å². The Bertz CT molecular complexity index is 478. The van der Waals surface area contributed by atoms with Crippen molar-refractivity contribution in [2.24, 2.45) is 0 Å². The van der Waals surface area contributed by atoms with E-state index in [0.717, 1.165) is 10.7 Å². The number of halogens is 2. The largest absolute Gasteiger partial charge is 0.376 e. The molecule has 84 valence electrons. The van der Waals surface area contributed by atoms with Crippen LogP contribution in [0.5, 0.6) is 0 Å².